The second-order valence-corrected chi connectivity index (χ2v) is 8.45. The van der Waals surface area contributed by atoms with Crippen molar-refractivity contribution >= 4 is 23.2 Å². The zero-order valence-electron chi connectivity index (χ0n) is 18.8. The lowest BCUT2D eigenvalue weighted by Crippen LogP contribution is -2.49. The summed E-state index contributed by atoms with van der Waals surface area (Å²) in [6, 6.07) is 11.7. The topological polar surface area (TPSA) is 92.6 Å². The van der Waals surface area contributed by atoms with E-state index >= 15 is 0 Å². The van der Waals surface area contributed by atoms with Crippen LogP contribution in [0.4, 0.5) is 15.8 Å². The van der Waals surface area contributed by atoms with E-state index in [2.05, 4.69) is 15.4 Å². The molecule has 176 valence electrons. The summed E-state index contributed by atoms with van der Waals surface area (Å²) in [5.74, 6) is -1.04. The molecule has 1 N–H and O–H groups in total. The Morgan fingerprint density at radius 1 is 1.18 bits per heavy atom. The standard InChI is InChI=1S/C24H25FN6O3/c1-29-20-11-17(25)19(30-9-5-6-10-30)12-21(20)34-14-18(24(29)33)27-23(32)22-26-15-31(28-22)13-16-7-3-2-4-8-16/h2-4,7-8,11-12,15,18H,5-6,9-10,13-14H2,1H3,(H,27,32)/t18-/m0/s1. The second-order valence-electron chi connectivity index (χ2n) is 8.45. The number of nitrogens with zero attached hydrogens (tertiary/aromatic N) is 5. The summed E-state index contributed by atoms with van der Waals surface area (Å²) in [7, 11) is 1.54. The maximum absolute atomic E-state index is 14.8. The van der Waals surface area contributed by atoms with Gasteiger partial charge in [-0.05, 0) is 18.4 Å². The Labute approximate surface area is 196 Å². The molecular formula is C24H25FN6O3. The molecule has 0 bridgehead atoms. The average Bonchev–Trinajstić information content (AvgIpc) is 3.52. The van der Waals surface area contributed by atoms with E-state index in [0.717, 1.165) is 31.5 Å². The van der Waals surface area contributed by atoms with Gasteiger partial charge in [0.1, 0.15) is 30.5 Å². The number of nitrogens with one attached hydrogen (secondary N) is 1. The van der Waals surface area contributed by atoms with Crippen LogP contribution < -0.4 is 19.9 Å². The maximum atomic E-state index is 14.8. The predicted octanol–water partition coefficient (Wildman–Crippen LogP) is 2.22. The number of amides is 2. The van der Waals surface area contributed by atoms with E-state index in [1.54, 1.807) is 10.7 Å². The van der Waals surface area contributed by atoms with E-state index in [4.69, 9.17) is 4.74 Å². The number of anilines is 2. The monoisotopic (exact) mass is 464 g/mol. The van der Waals surface area contributed by atoms with Crippen LogP contribution >= 0.6 is 0 Å². The highest BCUT2D eigenvalue weighted by molar-refractivity contribution is 6.02. The fourth-order valence-electron chi connectivity index (χ4n) is 4.28. The normalized spacial score (nSPS) is 17.8. The summed E-state index contributed by atoms with van der Waals surface area (Å²) in [6.07, 6.45) is 3.50. The fraction of sp³-hybridized carbons (Fsp3) is 0.333. The number of hydrogen-bond acceptors (Lipinski definition) is 6. The Balaban J connectivity index is 1.29. The number of likely N-dealkylation sites (N-methyl/N-ethyl adjacent to an activating group) is 1. The van der Waals surface area contributed by atoms with Crippen LogP contribution in [0.2, 0.25) is 0 Å². The quantitative estimate of drug-likeness (QED) is 0.623. The van der Waals surface area contributed by atoms with Crippen molar-refractivity contribution in [2.75, 3.05) is 36.5 Å². The maximum Gasteiger partial charge on any atom is 0.291 e. The molecule has 1 saturated heterocycles. The van der Waals surface area contributed by atoms with Crippen LogP contribution in [-0.2, 0) is 11.3 Å². The van der Waals surface area contributed by atoms with Crippen molar-refractivity contribution in [1.82, 2.24) is 20.1 Å². The molecule has 0 aliphatic carbocycles. The number of carbonyl (C=O) groups is 2. The van der Waals surface area contributed by atoms with Crippen molar-refractivity contribution in [2.24, 2.45) is 0 Å². The van der Waals surface area contributed by atoms with Crippen molar-refractivity contribution < 1.29 is 18.7 Å². The van der Waals surface area contributed by atoms with Gasteiger partial charge in [-0.3, -0.25) is 9.59 Å². The van der Waals surface area contributed by atoms with E-state index in [1.165, 1.54) is 24.3 Å². The summed E-state index contributed by atoms with van der Waals surface area (Å²) >= 11 is 0. The van der Waals surface area contributed by atoms with Gasteiger partial charge < -0.3 is 19.9 Å². The Bertz CT molecular complexity index is 1210. The predicted molar refractivity (Wildman–Crippen MR) is 124 cm³/mol. The number of fused-ring (bicyclic) bond motifs is 1. The number of hydrogen-bond donors (Lipinski definition) is 1. The molecule has 0 radical (unpaired) electrons. The smallest absolute Gasteiger partial charge is 0.291 e. The lowest BCUT2D eigenvalue weighted by Gasteiger charge is -2.23. The van der Waals surface area contributed by atoms with Gasteiger partial charge in [0, 0.05) is 32.3 Å². The SMILES string of the molecule is CN1C(=O)[C@@H](NC(=O)c2ncn(Cc3ccccc3)n2)COc2cc(N3CCCC3)c(F)cc21. The van der Waals surface area contributed by atoms with Crippen LogP contribution in [0, 0.1) is 5.82 Å². The van der Waals surface area contributed by atoms with Gasteiger partial charge in [-0.1, -0.05) is 30.3 Å². The van der Waals surface area contributed by atoms with Gasteiger partial charge in [-0.15, -0.1) is 5.10 Å². The third-order valence-electron chi connectivity index (χ3n) is 6.10. The average molecular weight is 465 g/mol. The van der Waals surface area contributed by atoms with E-state index in [9.17, 15) is 14.0 Å². The van der Waals surface area contributed by atoms with Gasteiger partial charge in [0.25, 0.3) is 11.8 Å². The highest BCUT2D eigenvalue weighted by Crippen LogP contribution is 2.37. The Morgan fingerprint density at radius 3 is 2.71 bits per heavy atom. The minimum Gasteiger partial charge on any atom is -0.489 e. The number of aromatic nitrogens is 3. The van der Waals surface area contributed by atoms with E-state index in [-0.39, 0.29) is 12.4 Å². The highest BCUT2D eigenvalue weighted by atomic mass is 19.1. The first kappa shape index (κ1) is 21.9. The zero-order valence-corrected chi connectivity index (χ0v) is 18.8. The van der Waals surface area contributed by atoms with Gasteiger partial charge in [0.2, 0.25) is 5.82 Å². The Hall–Kier alpha value is -3.95. The van der Waals surface area contributed by atoms with Crippen molar-refractivity contribution in [3.8, 4) is 5.75 Å². The summed E-state index contributed by atoms with van der Waals surface area (Å²) in [5.41, 5.74) is 1.81. The lowest BCUT2D eigenvalue weighted by atomic mass is 10.2. The fourth-order valence-corrected chi connectivity index (χ4v) is 4.28. The first-order chi connectivity index (χ1) is 16.5. The van der Waals surface area contributed by atoms with E-state index in [1.807, 2.05) is 35.2 Å². The molecule has 2 aliphatic heterocycles. The van der Waals surface area contributed by atoms with E-state index in [0.29, 0.717) is 23.7 Å². The Morgan fingerprint density at radius 2 is 1.94 bits per heavy atom. The molecule has 2 aliphatic rings. The first-order valence-corrected chi connectivity index (χ1v) is 11.2. The molecule has 0 saturated carbocycles. The van der Waals surface area contributed by atoms with Crippen LogP contribution in [0.1, 0.15) is 29.0 Å². The minimum atomic E-state index is -0.968. The minimum absolute atomic E-state index is 0.0458. The number of ether oxygens (including phenoxy) is 1. The number of carbonyl (C=O) groups excluding carboxylic acids is 2. The van der Waals surface area contributed by atoms with Gasteiger partial charge >= 0.3 is 0 Å². The van der Waals surface area contributed by atoms with Gasteiger partial charge in [0.05, 0.1) is 17.9 Å². The summed E-state index contributed by atoms with van der Waals surface area (Å²) in [4.78, 5) is 33.1. The molecule has 0 unspecified atom stereocenters. The molecule has 5 rings (SSSR count). The summed E-state index contributed by atoms with van der Waals surface area (Å²) in [6.45, 7) is 1.95. The summed E-state index contributed by atoms with van der Waals surface area (Å²) in [5, 5.41) is 6.87. The number of benzene rings is 2. The van der Waals surface area contributed by atoms with E-state index < -0.39 is 23.7 Å². The highest BCUT2D eigenvalue weighted by Gasteiger charge is 2.33. The summed E-state index contributed by atoms with van der Waals surface area (Å²) < 4.78 is 22.2. The number of rotatable bonds is 5. The molecule has 2 amide bonds. The molecule has 1 aromatic heterocycles. The van der Waals surface area contributed by atoms with Crippen molar-refractivity contribution in [1.29, 1.82) is 0 Å². The van der Waals surface area contributed by atoms with Crippen molar-refractivity contribution in [2.45, 2.75) is 25.4 Å². The Kier molecular flexibility index (Phi) is 5.87. The molecule has 1 atom stereocenters. The van der Waals surface area contributed by atoms with Gasteiger partial charge in [-0.25, -0.2) is 14.1 Å². The van der Waals surface area contributed by atoms with Crippen molar-refractivity contribution in [3.63, 3.8) is 0 Å². The molecule has 34 heavy (non-hydrogen) atoms. The van der Waals surface area contributed by atoms with Crippen LogP contribution in [0.5, 0.6) is 5.75 Å². The van der Waals surface area contributed by atoms with Crippen LogP contribution in [0.3, 0.4) is 0 Å². The number of halogens is 1. The van der Waals surface area contributed by atoms with Crippen molar-refractivity contribution in [3.05, 3.63) is 66.0 Å². The molecular weight excluding hydrogens is 439 g/mol. The second kappa shape index (κ2) is 9.12. The van der Waals surface area contributed by atoms with Crippen LogP contribution in [-0.4, -0.2) is 59.4 Å². The van der Waals surface area contributed by atoms with Crippen LogP contribution in [0.15, 0.2) is 48.8 Å². The molecule has 1 fully saturated rings. The molecule has 0 spiro atoms. The molecule has 9 nitrogen and oxygen atoms in total. The lowest BCUT2D eigenvalue weighted by molar-refractivity contribution is -0.120. The first-order valence-electron chi connectivity index (χ1n) is 11.2. The van der Waals surface area contributed by atoms with Gasteiger partial charge in [-0.2, -0.15) is 0 Å². The molecule has 3 aromatic rings. The molecule has 3 heterocycles. The molecule has 10 heteroatoms. The van der Waals surface area contributed by atoms with Gasteiger partial charge in [0.15, 0.2) is 0 Å². The third-order valence-corrected chi connectivity index (χ3v) is 6.10. The van der Waals surface area contributed by atoms with Crippen LogP contribution in [0.25, 0.3) is 0 Å². The zero-order chi connectivity index (χ0) is 23.7. The third kappa shape index (κ3) is 4.30. The molecule has 2 aromatic carbocycles. The largest absolute Gasteiger partial charge is 0.489 e.